The van der Waals surface area contributed by atoms with E-state index in [1.165, 1.54) is 32.0 Å². The van der Waals surface area contributed by atoms with E-state index in [-0.39, 0.29) is 134 Å². The maximum absolute atomic E-state index is 12.9. The number of anilines is 6. The van der Waals surface area contributed by atoms with Crippen molar-refractivity contribution in [2.45, 2.75) is 77.5 Å². The zero-order valence-electron chi connectivity index (χ0n) is 50.3. The Balaban J connectivity index is 0.0000113. The molecule has 0 saturated heterocycles. The fourth-order valence-electron chi connectivity index (χ4n) is 8.37. The van der Waals surface area contributed by atoms with Gasteiger partial charge in [-0.1, -0.05) is 46.9 Å². The number of thiazole rings is 2. The number of hydrogen-bond donors (Lipinski definition) is 6. The quantitative estimate of drug-likeness (QED) is 0.0122. The van der Waals surface area contributed by atoms with Crippen molar-refractivity contribution in [2.24, 2.45) is 20.5 Å². The topological polar surface area (TPSA) is 372 Å². The van der Waals surface area contributed by atoms with Gasteiger partial charge >= 0.3 is 11.9 Å². The molecule has 0 spiro atoms. The number of esters is 2. The lowest BCUT2D eigenvalue weighted by Crippen LogP contribution is -2.25. The maximum Gasteiger partial charge on any atom is 0.306 e. The van der Waals surface area contributed by atoms with E-state index >= 15 is 0 Å². The highest BCUT2D eigenvalue weighted by Crippen LogP contribution is 2.37. The third-order valence-electron chi connectivity index (χ3n) is 12.3. The third kappa shape index (κ3) is 19.2. The van der Waals surface area contributed by atoms with E-state index < -0.39 is 11.9 Å². The number of nitrogens with zero attached hydrogens (tertiary/aromatic N) is 16. The predicted octanol–water partition coefficient (Wildman–Crippen LogP) is 9.50. The summed E-state index contributed by atoms with van der Waals surface area (Å²) >= 11 is 2.83. The van der Waals surface area contributed by atoms with Crippen LogP contribution in [0.5, 0.6) is 0 Å². The second kappa shape index (κ2) is 33.9. The van der Waals surface area contributed by atoms with Gasteiger partial charge in [-0.15, -0.1) is 30.7 Å². The van der Waals surface area contributed by atoms with Gasteiger partial charge in [0.2, 0.25) is 33.8 Å². The minimum absolute atomic E-state index is 0. The first kappa shape index (κ1) is 67.4. The van der Waals surface area contributed by atoms with E-state index in [4.69, 9.17) is 48.4 Å². The van der Waals surface area contributed by atoms with Crippen molar-refractivity contribution in [1.29, 1.82) is 10.5 Å². The van der Waals surface area contributed by atoms with Crippen LogP contribution in [0.2, 0.25) is 0 Å². The summed E-state index contributed by atoms with van der Waals surface area (Å²) in [6.07, 6.45) is 3.34. The summed E-state index contributed by atoms with van der Waals surface area (Å²) in [5, 5.41) is 68.0. The molecule has 0 bridgehead atoms. The van der Waals surface area contributed by atoms with E-state index in [1.54, 1.807) is 40.8 Å². The molecule has 2 aromatic carbocycles. The van der Waals surface area contributed by atoms with Crippen LogP contribution in [0.25, 0.3) is 30.7 Å². The summed E-state index contributed by atoms with van der Waals surface area (Å²) in [7, 11) is 6.36. The lowest BCUT2D eigenvalue weighted by molar-refractivity contribution is -0.150. The van der Waals surface area contributed by atoms with Gasteiger partial charge in [-0.3, -0.25) is 9.59 Å². The number of methoxy groups -OCH3 is 4. The highest BCUT2D eigenvalue weighted by molar-refractivity contribution is 7.59. The van der Waals surface area contributed by atoms with Crippen LogP contribution >= 0.6 is 36.2 Å². The van der Waals surface area contributed by atoms with Crippen LogP contribution in [0.15, 0.2) is 81.4 Å². The van der Waals surface area contributed by atoms with Gasteiger partial charge in [0.05, 0.1) is 85.3 Å². The van der Waals surface area contributed by atoms with Crippen LogP contribution in [-0.2, 0) is 38.0 Å². The zero-order valence-corrected chi connectivity index (χ0v) is 52.9. The molecule has 0 fully saturated rings. The van der Waals surface area contributed by atoms with Gasteiger partial charge < -0.3 is 60.3 Å². The van der Waals surface area contributed by atoms with Crippen LogP contribution in [0.3, 0.4) is 0 Å². The molecule has 470 valence electrons. The first-order valence-corrected chi connectivity index (χ1v) is 29.6. The number of hydrogen-bond acceptors (Lipinski definition) is 30. The summed E-state index contributed by atoms with van der Waals surface area (Å²) in [5.41, 5.74) is 2.34. The number of ether oxygens (including phenoxy) is 6. The van der Waals surface area contributed by atoms with Gasteiger partial charge in [0, 0.05) is 65.7 Å². The Hall–Kier alpha value is -9.09. The van der Waals surface area contributed by atoms with Crippen molar-refractivity contribution in [1.82, 2.24) is 49.5 Å². The van der Waals surface area contributed by atoms with Crippen LogP contribution in [-0.4, -0.2) is 167 Å². The number of rotatable bonds is 35. The first-order valence-electron chi connectivity index (χ1n) is 28.0. The number of azo groups is 2. The summed E-state index contributed by atoms with van der Waals surface area (Å²) < 4.78 is 37.4. The lowest BCUT2D eigenvalue weighted by atomic mass is 10.3. The first-order chi connectivity index (χ1) is 42.8. The van der Waals surface area contributed by atoms with E-state index in [2.05, 4.69) is 84.7 Å². The van der Waals surface area contributed by atoms with Crippen molar-refractivity contribution in [3.05, 3.63) is 72.1 Å². The number of carbonyl (C=O) groups excluding carboxylic acids is 2. The fraction of sp³-hybridized carbons (Fsp3) is 0.429. The summed E-state index contributed by atoms with van der Waals surface area (Å²) in [4.78, 5) is 54.0. The molecule has 89 heavy (non-hydrogen) atoms. The molecule has 4 unspecified atom stereocenters. The van der Waals surface area contributed by atoms with Crippen LogP contribution in [0.1, 0.15) is 64.5 Å². The Morgan fingerprint density at radius 2 is 0.910 bits per heavy atom. The van der Waals surface area contributed by atoms with Gasteiger partial charge in [0.15, 0.2) is 34.6 Å². The molecule has 0 aliphatic rings. The van der Waals surface area contributed by atoms with Crippen LogP contribution in [0.4, 0.5) is 58.2 Å². The Kier molecular flexibility index (Phi) is 25.7. The smallest absolute Gasteiger partial charge is 0.306 e. The molecule has 8 rings (SSSR count). The van der Waals surface area contributed by atoms with Gasteiger partial charge in [-0.05, 0) is 64.8 Å². The van der Waals surface area contributed by atoms with Crippen molar-refractivity contribution >= 4 is 127 Å². The van der Waals surface area contributed by atoms with E-state index in [1.807, 2.05) is 76.2 Å². The normalized spacial score (nSPS) is 12.7. The van der Waals surface area contributed by atoms with E-state index in [0.29, 0.717) is 61.2 Å². The molecular formula is C56H70N22O8S3. The molecule has 8 aromatic rings. The van der Waals surface area contributed by atoms with Crippen LogP contribution < -0.4 is 31.9 Å². The number of nitriles is 2. The van der Waals surface area contributed by atoms with Crippen molar-refractivity contribution in [2.75, 3.05) is 113 Å². The van der Waals surface area contributed by atoms with E-state index in [0.717, 1.165) is 20.4 Å². The number of fused-ring (bicyclic) bond motifs is 2. The average Bonchev–Trinajstić information content (AvgIpc) is 2.43. The Morgan fingerprint density at radius 1 is 0.539 bits per heavy atom. The maximum atomic E-state index is 12.9. The molecule has 30 nitrogen and oxygen atoms in total. The minimum Gasteiger partial charge on any atom is -0.466 e. The molecule has 0 saturated carbocycles. The standard InChI is InChI=1S/C56H68N22O8S2.H2S/c1-33(29-81-5)61-51-45(71-73-47-37(25-57)27-77(75-47)55-65-39-15-9-11-17-41(39)87-55)49(67-53(69-51)63-35(3)31-83-7)59-21-13-23-85-43(79)19-20-44(80)86-24-14-22-60-50-46(52(62-34(2)30-82-6)70-54(68-50)64-36(4)32-84-8)72-74-48-38(26-58)28-78(76-48)56-66-40-16-10-12-18-42(40)88-56;/h9-12,15-18,27-28,33-36H,13-14,19-24,29-32H2,1-8H3,(H3,59,61,63,67,69)(H3,60,62,64,68,70);1H2. The number of aromatic nitrogens is 10. The van der Waals surface area contributed by atoms with Crippen molar-refractivity contribution < 1.29 is 38.0 Å². The summed E-state index contributed by atoms with van der Waals surface area (Å²) in [5.74, 6) is 0.595. The number of para-hydroxylation sites is 2. The largest absolute Gasteiger partial charge is 0.466 e. The van der Waals surface area contributed by atoms with Gasteiger partial charge in [-0.2, -0.15) is 44.0 Å². The highest BCUT2D eigenvalue weighted by Gasteiger charge is 2.23. The van der Waals surface area contributed by atoms with Crippen molar-refractivity contribution in [3.8, 4) is 22.4 Å². The van der Waals surface area contributed by atoms with Gasteiger partial charge in [-0.25, -0.2) is 19.3 Å². The minimum atomic E-state index is -0.588. The lowest BCUT2D eigenvalue weighted by Gasteiger charge is -2.19. The van der Waals surface area contributed by atoms with E-state index in [9.17, 15) is 20.1 Å². The molecule has 6 heterocycles. The molecule has 0 aliphatic heterocycles. The molecule has 0 radical (unpaired) electrons. The van der Waals surface area contributed by atoms with Crippen LogP contribution in [0, 0.1) is 22.7 Å². The van der Waals surface area contributed by atoms with Gasteiger partial charge in [0.25, 0.3) is 0 Å². The molecule has 4 atom stereocenters. The summed E-state index contributed by atoms with van der Waals surface area (Å²) in [6.45, 7) is 9.59. The monoisotopic (exact) mass is 1270 g/mol. The molecule has 0 amide bonds. The fourth-order valence-corrected chi connectivity index (χ4v) is 10.2. The Bertz CT molecular complexity index is 3480. The second-order valence-electron chi connectivity index (χ2n) is 19.9. The Morgan fingerprint density at radius 3 is 1.28 bits per heavy atom. The number of nitrogens with one attached hydrogen (secondary N) is 6. The predicted molar refractivity (Wildman–Crippen MR) is 343 cm³/mol. The summed E-state index contributed by atoms with van der Waals surface area (Å²) in [6, 6.07) is 18.8. The molecule has 6 N–H and O–H groups in total. The second-order valence-corrected chi connectivity index (χ2v) is 21.9. The molecule has 0 aliphatic carbocycles. The molecule has 6 aromatic heterocycles. The Labute approximate surface area is 527 Å². The third-order valence-corrected chi connectivity index (χ3v) is 14.4. The number of carbonyl (C=O) groups is 2. The molecule has 33 heteroatoms. The average molecular weight is 1280 g/mol. The van der Waals surface area contributed by atoms with Crippen molar-refractivity contribution in [3.63, 3.8) is 0 Å². The van der Waals surface area contributed by atoms with Gasteiger partial charge in [0.1, 0.15) is 23.3 Å². The highest BCUT2D eigenvalue weighted by atomic mass is 32.1. The number of benzene rings is 2. The zero-order chi connectivity index (χ0) is 62.4. The molecular weight excluding hydrogens is 1200 g/mol. The SMILES string of the molecule is COCC(C)Nc1nc(NCCCOC(=O)CCC(=O)OCCCNc2nc(NC(C)COC)nc(NC(C)COC)c2N=Nc2nn(-c3nc4ccccc4s3)cc2C#N)c(N=Nc2nn(-c3nc4ccccc4s3)cc2C#N)c(NC(C)COC)n1.S.